The molecule has 0 atom stereocenters. The second-order valence-electron chi connectivity index (χ2n) is 5.21. The molecular formula is C18H18N4O2S. The Bertz CT molecular complexity index is 836. The maximum Gasteiger partial charge on any atom is 0.230 e. The average molecular weight is 354 g/mol. The van der Waals surface area contributed by atoms with Crippen LogP contribution in [0.15, 0.2) is 66.1 Å². The first-order chi connectivity index (χ1) is 12.3. The van der Waals surface area contributed by atoms with E-state index in [1.165, 1.54) is 11.8 Å². The summed E-state index contributed by atoms with van der Waals surface area (Å²) in [5.74, 6) is 0.932. The molecule has 0 spiro atoms. The molecule has 128 valence electrons. The molecule has 3 rings (SSSR count). The summed E-state index contributed by atoms with van der Waals surface area (Å²) in [5.41, 5.74) is 1.90. The summed E-state index contributed by atoms with van der Waals surface area (Å²) in [6, 6.07) is 17.4. The molecule has 1 heterocycles. The fourth-order valence-corrected chi connectivity index (χ4v) is 3.05. The van der Waals surface area contributed by atoms with Crippen molar-refractivity contribution in [3.05, 3.63) is 66.5 Å². The van der Waals surface area contributed by atoms with Gasteiger partial charge in [-0.25, -0.2) is 0 Å². The van der Waals surface area contributed by atoms with Crippen LogP contribution in [0.1, 0.15) is 5.56 Å². The van der Waals surface area contributed by atoms with E-state index in [-0.39, 0.29) is 11.7 Å². The number of carbonyl (C=O) groups is 1. The standard InChI is InChI=1S/C18H18N4O2S/c1-24-16-10-6-5-9-15(16)22-13-20-21-18(22)25-12-17(23)19-11-14-7-3-2-4-8-14/h2-10,13H,11-12H2,1H3,(H,19,23). The Labute approximate surface area is 150 Å². The van der Waals surface area contributed by atoms with E-state index >= 15 is 0 Å². The van der Waals surface area contributed by atoms with Crippen molar-refractivity contribution in [2.24, 2.45) is 0 Å². The number of ether oxygens (including phenoxy) is 1. The summed E-state index contributed by atoms with van der Waals surface area (Å²) in [5, 5.41) is 11.6. The third-order valence-electron chi connectivity index (χ3n) is 3.53. The zero-order valence-corrected chi connectivity index (χ0v) is 14.6. The summed E-state index contributed by atoms with van der Waals surface area (Å²) in [6.07, 6.45) is 1.61. The van der Waals surface area contributed by atoms with Crippen LogP contribution in [0, 0.1) is 0 Å². The zero-order valence-electron chi connectivity index (χ0n) is 13.8. The lowest BCUT2D eigenvalue weighted by Gasteiger charge is -2.10. The summed E-state index contributed by atoms with van der Waals surface area (Å²) in [7, 11) is 1.62. The Morgan fingerprint density at radius 1 is 1.16 bits per heavy atom. The molecule has 7 heteroatoms. The second kappa shape index (κ2) is 8.34. The first kappa shape index (κ1) is 17.0. The minimum Gasteiger partial charge on any atom is -0.495 e. The Morgan fingerprint density at radius 3 is 2.72 bits per heavy atom. The molecule has 2 aromatic carbocycles. The highest BCUT2D eigenvalue weighted by atomic mass is 32.2. The largest absolute Gasteiger partial charge is 0.495 e. The van der Waals surface area contributed by atoms with E-state index in [4.69, 9.17) is 4.74 Å². The summed E-state index contributed by atoms with van der Waals surface area (Å²) in [4.78, 5) is 12.1. The lowest BCUT2D eigenvalue weighted by atomic mass is 10.2. The molecule has 1 N–H and O–H groups in total. The van der Waals surface area contributed by atoms with Gasteiger partial charge in [0.1, 0.15) is 12.1 Å². The molecule has 0 fully saturated rings. The summed E-state index contributed by atoms with van der Waals surface area (Å²) >= 11 is 1.33. The number of nitrogens with zero attached hydrogens (tertiary/aromatic N) is 3. The highest BCUT2D eigenvalue weighted by Gasteiger charge is 2.12. The van der Waals surface area contributed by atoms with Gasteiger partial charge in [-0.2, -0.15) is 0 Å². The molecule has 1 amide bonds. The molecule has 0 radical (unpaired) electrons. The van der Waals surface area contributed by atoms with Crippen molar-refractivity contribution < 1.29 is 9.53 Å². The van der Waals surface area contributed by atoms with Crippen LogP contribution in [0.2, 0.25) is 0 Å². The SMILES string of the molecule is COc1ccccc1-n1cnnc1SCC(=O)NCc1ccccc1. The first-order valence-electron chi connectivity index (χ1n) is 7.75. The van der Waals surface area contributed by atoms with E-state index in [0.717, 1.165) is 17.0 Å². The van der Waals surface area contributed by atoms with E-state index < -0.39 is 0 Å². The minimum atomic E-state index is -0.0524. The topological polar surface area (TPSA) is 69.0 Å². The molecule has 0 saturated carbocycles. The van der Waals surface area contributed by atoms with Gasteiger partial charge in [0.2, 0.25) is 5.91 Å². The Kier molecular flexibility index (Phi) is 5.69. The monoisotopic (exact) mass is 354 g/mol. The smallest absolute Gasteiger partial charge is 0.230 e. The van der Waals surface area contributed by atoms with E-state index in [9.17, 15) is 4.79 Å². The molecule has 0 bridgehead atoms. The van der Waals surface area contributed by atoms with Gasteiger partial charge in [0.25, 0.3) is 0 Å². The Balaban J connectivity index is 1.61. The minimum absolute atomic E-state index is 0.0524. The predicted molar refractivity (Wildman–Crippen MR) is 96.9 cm³/mol. The van der Waals surface area contributed by atoms with Gasteiger partial charge in [-0.05, 0) is 17.7 Å². The van der Waals surface area contributed by atoms with Crippen LogP contribution in [-0.2, 0) is 11.3 Å². The molecular weight excluding hydrogens is 336 g/mol. The van der Waals surface area contributed by atoms with E-state index in [2.05, 4.69) is 15.5 Å². The van der Waals surface area contributed by atoms with Gasteiger partial charge in [-0.3, -0.25) is 9.36 Å². The molecule has 3 aromatic rings. The second-order valence-corrected chi connectivity index (χ2v) is 6.15. The van der Waals surface area contributed by atoms with Crippen molar-refractivity contribution in [3.8, 4) is 11.4 Å². The van der Waals surface area contributed by atoms with Gasteiger partial charge < -0.3 is 10.1 Å². The first-order valence-corrected chi connectivity index (χ1v) is 8.73. The number of thioether (sulfide) groups is 1. The normalized spacial score (nSPS) is 10.4. The van der Waals surface area contributed by atoms with Crippen LogP contribution < -0.4 is 10.1 Å². The van der Waals surface area contributed by atoms with Crippen LogP contribution in [0.3, 0.4) is 0 Å². The van der Waals surface area contributed by atoms with Crippen molar-refractivity contribution in [1.29, 1.82) is 0 Å². The third kappa shape index (κ3) is 4.39. The summed E-state index contributed by atoms with van der Waals surface area (Å²) < 4.78 is 7.19. The molecule has 0 aliphatic carbocycles. The van der Waals surface area contributed by atoms with E-state index in [1.54, 1.807) is 13.4 Å². The molecule has 0 aliphatic heterocycles. The van der Waals surface area contributed by atoms with Gasteiger partial charge in [-0.15, -0.1) is 10.2 Å². The van der Waals surface area contributed by atoms with Crippen molar-refractivity contribution in [1.82, 2.24) is 20.1 Å². The van der Waals surface area contributed by atoms with Gasteiger partial charge in [0.05, 0.1) is 18.6 Å². The van der Waals surface area contributed by atoms with Crippen molar-refractivity contribution in [2.75, 3.05) is 12.9 Å². The van der Waals surface area contributed by atoms with Gasteiger partial charge >= 0.3 is 0 Å². The van der Waals surface area contributed by atoms with Crippen molar-refractivity contribution >= 4 is 17.7 Å². The zero-order chi connectivity index (χ0) is 17.5. The number of nitrogens with one attached hydrogen (secondary N) is 1. The van der Waals surface area contributed by atoms with E-state index in [1.807, 2.05) is 59.2 Å². The fraction of sp³-hybridized carbons (Fsp3) is 0.167. The van der Waals surface area contributed by atoms with Crippen molar-refractivity contribution in [2.45, 2.75) is 11.7 Å². The number of rotatable bonds is 7. The molecule has 0 aliphatic rings. The summed E-state index contributed by atoms with van der Waals surface area (Å²) in [6.45, 7) is 0.513. The number of benzene rings is 2. The lowest BCUT2D eigenvalue weighted by Crippen LogP contribution is -2.24. The quantitative estimate of drug-likeness (QED) is 0.661. The lowest BCUT2D eigenvalue weighted by molar-refractivity contribution is -0.118. The Morgan fingerprint density at radius 2 is 1.92 bits per heavy atom. The average Bonchev–Trinajstić information content (AvgIpc) is 3.14. The fourth-order valence-electron chi connectivity index (χ4n) is 2.29. The number of hydrogen-bond donors (Lipinski definition) is 1. The molecule has 25 heavy (non-hydrogen) atoms. The molecule has 6 nitrogen and oxygen atoms in total. The maximum absolute atomic E-state index is 12.1. The highest BCUT2D eigenvalue weighted by molar-refractivity contribution is 7.99. The number of amides is 1. The van der Waals surface area contributed by atoms with Crippen LogP contribution in [0.25, 0.3) is 5.69 Å². The van der Waals surface area contributed by atoms with Crippen LogP contribution in [0.5, 0.6) is 5.75 Å². The molecule has 1 aromatic heterocycles. The number of aromatic nitrogens is 3. The van der Waals surface area contributed by atoms with Crippen LogP contribution >= 0.6 is 11.8 Å². The van der Waals surface area contributed by atoms with Crippen molar-refractivity contribution in [3.63, 3.8) is 0 Å². The van der Waals surface area contributed by atoms with Gasteiger partial charge in [-0.1, -0.05) is 54.2 Å². The van der Waals surface area contributed by atoms with Crippen LogP contribution in [0.4, 0.5) is 0 Å². The van der Waals surface area contributed by atoms with Gasteiger partial charge in [0, 0.05) is 6.54 Å². The number of methoxy groups -OCH3 is 1. The highest BCUT2D eigenvalue weighted by Crippen LogP contribution is 2.26. The van der Waals surface area contributed by atoms with Gasteiger partial charge in [0.15, 0.2) is 5.16 Å². The van der Waals surface area contributed by atoms with Crippen LogP contribution in [-0.4, -0.2) is 33.5 Å². The third-order valence-corrected chi connectivity index (χ3v) is 4.47. The maximum atomic E-state index is 12.1. The number of para-hydroxylation sites is 2. The number of hydrogen-bond acceptors (Lipinski definition) is 5. The van der Waals surface area contributed by atoms with E-state index in [0.29, 0.717) is 11.7 Å². The molecule has 0 saturated heterocycles. The molecule has 0 unspecified atom stereocenters. The Hall–Kier alpha value is -2.80. The number of carbonyl (C=O) groups excluding carboxylic acids is 1. The predicted octanol–water partition coefficient (Wildman–Crippen LogP) is 2.68.